The number of rotatable bonds is 4. The van der Waals surface area contributed by atoms with E-state index in [0.717, 1.165) is 16.9 Å². The fraction of sp³-hybridized carbons (Fsp3) is 0.333. The third-order valence-corrected chi connectivity index (χ3v) is 3.81. The highest BCUT2D eigenvalue weighted by Gasteiger charge is 2.17. The Morgan fingerprint density at radius 1 is 1.21 bits per heavy atom. The van der Waals surface area contributed by atoms with Gasteiger partial charge in [0.05, 0.1) is 6.04 Å². The van der Waals surface area contributed by atoms with E-state index in [4.69, 9.17) is 10.3 Å². The molecule has 0 fully saturated rings. The van der Waals surface area contributed by atoms with E-state index in [1.807, 2.05) is 12.1 Å². The van der Waals surface area contributed by atoms with E-state index in [0.29, 0.717) is 0 Å². The molecule has 0 aliphatic rings. The fourth-order valence-electron chi connectivity index (χ4n) is 2.49. The summed E-state index contributed by atoms with van der Waals surface area (Å²) in [4.78, 5) is 0. The number of hydrogen-bond donors (Lipinski definition) is 2. The molecule has 0 aliphatic carbocycles. The zero-order valence-corrected chi connectivity index (χ0v) is 13.0. The maximum absolute atomic E-state index is 5.67. The Morgan fingerprint density at radius 2 is 1.84 bits per heavy atom. The van der Waals surface area contributed by atoms with Crippen molar-refractivity contribution in [3.05, 3.63) is 56.9 Å². The first-order valence-corrected chi connectivity index (χ1v) is 7.08. The third-order valence-electron chi connectivity index (χ3n) is 3.39. The Kier molecular flexibility index (Phi) is 4.45. The highest BCUT2D eigenvalue weighted by molar-refractivity contribution is 9.10. The zero-order valence-electron chi connectivity index (χ0n) is 11.5. The fourth-order valence-corrected chi connectivity index (χ4v) is 2.81. The Hall–Kier alpha value is -1.10. The molecule has 2 aromatic rings. The van der Waals surface area contributed by atoms with Crippen molar-refractivity contribution in [1.29, 1.82) is 0 Å². The molecule has 3 N–H and O–H groups in total. The summed E-state index contributed by atoms with van der Waals surface area (Å²) in [6.45, 7) is 6.40. The minimum atomic E-state index is -0.0218. The molecule has 1 aromatic carbocycles. The topological polar surface area (TPSA) is 51.2 Å². The van der Waals surface area contributed by atoms with Crippen molar-refractivity contribution >= 4 is 15.9 Å². The van der Waals surface area contributed by atoms with Gasteiger partial charge in [0.25, 0.3) is 0 Å². The van der Waals surface area contributed by atoms with Gasteiger partial charge in [0.2, 0.25) is 0 Å². The highest BCUT2D eigenvalue weighted by Crippen LogP contribution is 2.26. The molecule has 1 aromatic heterocycles. The van der Waals surface area contributed by atoms with Crippen molar-refractivity contribution in [2.45, 2.75) is 33.2 Å². The molecule has 102 valence electrons. The summed E-state index contributed by atoms with van der Waals surface area (Å²) in [6, 6.07) is 8.20. The van der Waals surface area contributed by atoms with Gasteiger partial charge in [-0.05, 0) is 71.9 Å². The lowest BCUT2D eigenvalue weighted by Crippen LogP contribution is -2.29. The van der Waals surface area contributed by atoms with Gasteiger partial charge in [0, 0.05) is 0 Å². The lowest BCUT2D eigenvalue weighted by molar-refractivity contribution is 0.404. The SMILES string of the molecule is Cc1cc(C)c(CC(NN)c2ccc(Br)o2)c(C)c1. The number of aryl methyl sites for hydroxylation is 3. The first-order chi connectivity index (χ1) is 9.01. The summed E-state index contributed by atoms with van der Waals surface area (Å²) in [7, 11) is 0. The van der Waals surface area contributed by atoms with Crippen LogP contribution in [0.5, 0.6) is 0 Å². The highest BCUT2D eigenvalue weighted by atomic mass is 79.9. The quantitative estimate of drug-likeness (QED) is 0.666. The Morgan fingerprint density at radius 3 is 2.32 bits per heavy atom. The van der Waals surface area contributed by atoms with Crippen molar-refractivity contribution in [3.63, 3.8) is 0 Å². The van der Waals surface area contributed by atoms with E-state index in [1.165, 1.54) is 22.3 Å². The number of hydrogen-bond acceptors (Lipinski definition) is 3. The van der Waals surface area contributed by atoms with Crippen molar-refractivity contribution in [2.75, 3.05) is 0 Å². The largest absolute Gasteiger partial charge is 0.453 e. The van der Waals surface area contributed by atoms with Crippen LogP contribution in [0, 0.1) is 20.8 Å². The molecule has 0 bridgehead atoms. The van der Waals surface area contributed by atoms with Gasteiger partial charge in [-0.25, -0.2) is 5.43 Å². The monoisotopic (exact) mass is 322 g/mol. The Bertz CT molecular complexity index is 554. The second-order valence-electron chi connectivity index (χ2n) is 4.94. The van der Waals surface area contributed by atoms with Crippen LogP contribution in [0.4, 0.5) is 0 Å². The Balaban J connectivity index is 2.28. The standard InChI is InChI=1S/C15H19BrN2O/c1-9-6-10(2)12(11(3)7-9)8-13(18-17)14-4-5-15(16)19-14/h4-7,13,18H,8,17H2,1-3H3. The molecule has 0 aliphatic heterocycles. The molecule has 1 atom stereocenters. The van der Waals surface area contributed by atoms with E-state index in [2.05, 4.69) is 54.3 Å². The zero-order chi connectivity index (χ0) is 14.0. The molecule has 1 heterocycles. The van der Waals surface area contributed by atoms with Crippen LogP contribution in [0.1, 0.15) is 34.1 Å². The molecule has 0 saturated carbocycles. The average Bonchev–Trinajstić information content (AvgIpc) is 2.75. The molecule has 0 amide bonds. The van der Waals surface area contributed by atoms with Gasteiger partial charge in [-0.2, -0.15) is 0 Å². The maximum atomic E-state index is 5.67. The maximum Gasteiger partial charge on any atom is 0.169 e. The predicted octanol–water partition coefficient (Wildman–Crippen LogP) is 3.71. The molecule has 0 saturated heterocycles. The van der Waals surface area contributed by atoms with Crippen molar-refractivity contribution in [3.8, 4) is 0 Å². The van der Waals surface area contributed by atoms with Crippen LogP contribution in [-0.2, 0) is 6.42 Å². The molecule has 3 nitrogen and oxygen atoms in total. The summed E-state index contributed by atoms with van der Waals surface area (Å²) >= 11 is 3.32. The Labute approximate surface area is 122 Å². The normalized spacial score (nSPS) is 12.7. The van der Waals surface area contributed by atoms with Gasteiger partial charge in [0.15, 0.2) is 4.67 Å². The molecule has 19 heavy (non-hydrogen) atoms. The van der Waals surface area contributed by atoms with Gasteiger partial charge in [-0.1, -0.05) is 17.7 Å². The predicted molar refractivity (Wildman–Crippen MR) is 80.8 cm³/mol. The van der Waals surface area contributed by atoms with Crippen molar-refractivity contribution in [2.24, 2.45) is 5.84 Å². The summed E-state index contributed by atoms with van der Waals surface area (Å²) in [5.41, 5.74) is 8.03. The molecule has 1 unspecified atom stereocenters. The van der Waals surface area contributed by atoms with Gasteiger partial charge in [0.1, 0.15) is 5.76 Å². The van der Waals surface area contributed by atoms with Crippen LogP contribution in [-0.4, -0.2) is 0 Å². The van der Waals surface area contributed by atoms with Crippen LogP contribution in [0.2, 0.25) is 0 Å². The molecule has 4 heteroatoms. The summed E-state index contributed by atoms with van der Waals surface area (Å²) in [6.07, 6.45) is 0.814. The molecule has 2 rings (SSSR count). The van der Waals surface area contributed by atoms with Crippen LogP contribution >= 0.6 is 15.9 Å². The van der Waals surface area contributed by atoms with E-state index in [1.54, 1.807) is 0 Å². The van der Waals surface area contributed by atoms with Gasteiger partial charge in [-0.3, -0.25) is 5.84 Å². The number of hydrazine groups is 1. The van der Waals surface area contributed by atoms with Crippen LogP contribution in [0.3, 0.4) is 0 Å². The van der Waals surface area contributed by atoms with Crippen molar-refractivity contribution < 1.29 is 4.42 Å². The van der Waals surface area contributed by atoms with E-state index < -0.39 is 0 Å². The minimum Gasteiger partial charge on any atom is -0.453 e. The third kappa shape index (κ3) is 3.26. The second-order valence-corrected chi connectivity index (χ2v) is 5.72. The smallest absolute Gasteiger partial charge is 0.169 e. The number of nitrogens with two attached hydrogens (primary N) is 1. The van der Waals surface area contributed by atoms with Crippen molar-refractivity contribution in [1.82, 2.24) is 5.43 Å². The van der Waals surface area contributed by atoms with Gasteiger partial charge in [-0.15, -0.1) is 0 Å². The minimum absolute atomic E-state index is 0.0218. The van der Waals surface area contributed by atoms with E-state index in [-0.39, 0.29) is 6.04 Å². The molecule has 0 spiro atoms. The van der Waals surface area contributed by atoms with Gasteiger partial charge < -0.3 is 4.42 Å². The van der Waals surface area contributed by atoms with Crippen LogP contribution < -0.4 is 11.3 Å². The second kappa shape index (κ2) is 5.90. The lowest BCUT2D eigenvalue weighted by atomic mass is 9.94. The average molecular weight is 323 g/mol. The molecular weight excluding hydrogens is 304 g/mol. The molecular formula is C15H19BrN2O. The first-order valence-electron chi connectivity index (χ1n) is 6.29. The van der Waals surface area contributed by atoms with Crippen LogP contribution in [0.15, 0.2) is 33.4 Å². The van der Waals surface area contributed by atoms with E-state index >= 15 is 0 Å². The first kappa shape index (κ1) is 14.3. The summed E-state index contributed by atoms with van der Waals surface area (Å²) in [5, 5.41) is 0. The van der Waals surface area contributed by atoms with Crippen LogP contribution in [0.25, 0.3) is 0 Å². The number of halogens is 1. The number of furan rings is 1. The lowest BCUT2D eigenvalue weighted by Gasteiger charge is -2.17. The summed E-state index contributed by atoms with van der Waals surface area (Å²) < 4.78 is 6.31. The molecule has 0 radical (unpaired) electrons. The van der Waals surface area contributed by atoms with Gasteiger partial charge >= 0.3 is 0 Å². The summed E-state index contributed by atoms with van der Waals surface area (Å²) in [5.74, 6) is 6.51. The number of nitrogens with one attached hydrogen (secondary N) is 1. The number of benzene rings is 1. The van der Waals surface area contributed by atoms with E-state index in [9.17, 15) is 0 Å².